The first-order valence-corrected chi connectivity index (χ1v) is 6.73. The highest BCUT2D eigenvalue weighted by Gasteiger charge is 2.34. The number of rotatable bonds is 5. The second-order valence-corrected chi connectivity index (χ2v) is 5.13. The van der Waals surface area contributed by atoms with E-state index in [2.05, 4.69) is 43.4 Å². The molecule has 19 heavy (non-hydrogen) atoms. The molecule has 0 bridgehead atoms. The van der Waals surface area contributed by atoms with Gasteiger partial charge in [-0.15, -0.1) is 0 Å². The van der Waals surface area contributed by atoms with Crippen molar-refractivity contribution >= 4 is 5.91 Å². The fourth-order valence-electron chi connectivity index (χ4n) is 2.47. The molecule has 0 spiro atoms. The highest BCUT2D eigenvalue weighted by molar-refractivity contribution is 5.81. The maximum atomic E-state index is 12.1. The lowest BCUT2D eigenvalue weighted by atomic mass is 10.1. The Morgan fingerprint density at radius 3 is 2.74 bits per heavy atom. The molecule has 1 amide bonds. The SMILES string of the molecule is COCCC(C)N1C(=O)CNC1c1ccc(C)cc1. The van der Waals surface area contributed by atoms with E-state index in [0.717, 1.165) is 12.0 Å². The van der Waals surface area contributed by atoms with Crippen LogP contribution in [0.4, 0.5) is 0 Å². The first-order chi connectivity index (χ1) is 9.13. The highest BCUT2D eigenvalue weighted by Crippen LogP contribution is 2.26. The zero-order valence-corrected chi connectivity index (χ0v) is 11.8. The van der Waals surface area contributed by atoms with Crippen LogP contribution >= 0.6 is 0 Å². The van der Waals surface area contributed by atoms with Crippen LogP contribution in [0.15, 0.2) is 24.3 Å². The third-order valence-electron chi connectivity index (χ3n) is 3.62. The number of ether oxygens (including phenoxy) is 1. The standard InChI is InChI=1S/C15H22N2O2/c1-11-4-6-13(7-5-11)15-16-10-14(18)17(15)12(2)8-9-19-3/h4-7,12,15-16H,8-10H2,1-3H3. The molecule has 1 aromatic carbocycles. The summed E-state index contributed by atoms with van der Waals surface area (Å²) in [5, 5.41) is 3.29. The van der Waals surface area contributed by atoms with E-state index < -0.39 is 0 Å². The predicted octanol–water partition coefficient (Wildman–Crippen LogP) is 1.85. The average molecular weight is 262 g/mol. The summed E-state index contributed by atoms with van der Waals surface area (Å²) in [6.07, 6.45) is 0.840. The number of hydrogen-bond acceptors (Lipinski definition) is 3. The van der Waals surface area contributed by atoms with Crippen LogP contribution < -0.4 is 5.32 Å². The fourth-order valence-corrected chi connectivity index (χ4v) is 2.47. The number of benzene rings is 1. The highest BCUT2D eigenvalue weighted by atomic mass is 16.5. The van der Waals surface area contributed by atoms with E-state index in [1.54, 1.807) is 7.11 Å². The third-order valence-corrected chi connectivity index (χ3v) is 3.62. The summed E-state index contributed by atoms with van der Waals surface area (Å²) in [7, 11) is 1.69. The van der Waals surface area contributed by atoms with E-state index >= 15 is 0 Å². The molecular formula is C15H22N2O2. The number of carbonyl (C=O) groups is 1. The lowest BCUT2D eigenvalue weighted by Crippen LogP contribution is -2.38. The Balaban J connectivity index is 2.14. The number of hydrogen-bond donors (Lipinski definition) is 1. The lowest BCUT2D eigenvalue weighted by molar-refractivity contribution is -0.130. The van der Waals surface area contributed by atoms with Crippen LogP contribution in [0, 0.1) is 6.92 Å². The minimum absolute atomic E-state index is 0.0139. The van der Waals surface area contributed by atoms with Gasteiger partial charge in [-0.2, -0.15) is 0 Å². The van der Waals surface area contributed by atoms with Crippen LogP contribution in [0.25, 0.3) is 0 Å². The van der Waals surface area contributed by atoms with E-state index in [1.165, 1.54) is 5.56 Å². The van der Waals surface area contributed by atoms with Gasteiger partial charge in [0.2, 0.25) is 5.91 Å². The molecule has 0 saturated carbocycles. The maximum Gasteiger partial charge on any atom is 0.238 e. The number of carbonyl (C=O) groups excluding carboxylic acids is 1. The first kappa shape index (κ1) is 14.0. The van der Waals surface area contributed by atoms with Crippen LogP contribution in [0.3, 0.4) is 0 Å². The minimum Gasteiger partial charge on any atom is -0.385 e. The van der Waals surface area contributed by atoms with Crippen molar-refractivity contribution in [2.45, 2.75) is 32.5 Å². The molecule has 2 atom stereocenters. The van der Waals surface area contributed by atoms with E-state index in [-0.39, 0.29) is 18.1 Å². The summed E-state index contributed by atoms with van der Waals surface area (Å²) in [6, 6.07) is 8.51. The molecule has 0 aromatic heterocycles. The minimum atomic E-state index is -0.0139. The summed E-state index contributed by atoms with van der Waals surface area (Å²) >= 11 is 0. The van der Waals surface area contributed by atoms with Gasteiger partial charge in [-0.3, -0.25) is 10.1 Å². The normalized spacial score (nSPS) is 20.9. The van der Waals surface area contributed by atoms with E-state index in [9.17, 15) is 4.79 Å². The summed E-state index contributed by atoms with van der Waals surface area (Å²) < 4.78 is 5.11. The Morgan fingerprint density at radius 2 is 2.11 bits per heavy atom. The van der Waals surface area contributed by atoms with E-state index in [0.29, 0.717) is 13.2 Å². The van der Waals surface area contributed by atoms with Crippen molar-refractivity contribution < 1.29 is 9.53 Å². The van der Waals surface area contributed by atoms with Gasteiger partial charge in [0.25, 0.3) is 0 Å². The summed E-state index contributed by atoms with van der Waals surface area (Å²) in [5.41, 5.74) is 2.37. The van der Waals surface area contributed by atoms with Crippen LogP contribution in [-0.4, -0.2) is 37.1 Å². The van der Waals surface area contributed by atoms with Gasteiger partial charge in [0.15, 0.2) is 0 Å². The van der Waals surface area contributed by atoms with Gasteiger partial charge in [-0.25, -0.2) is 0 Å². The summed E-state index contributed by atoms with van der Waals surface area (Å²) in [5.74, 6) is 0.161. The largest absolute Gasteiger partial charge is 0.385 e. The number of methoxy groups -OCH3 is 1. The molecule has 1 aliphatic heterocycles. The van der Waals surface area contributed by atoms with Gasteiger partial charge < -0.3 is 9.64 Å². The molecular weight excluding hydrogens is 240 g/mol. The first-order valence-electron chi connectivity index (χ1n) is 6.73. The topological polar surface area (TPSA) is 41.6 Å². The second kappa shape index (κ2) is 6.17. The quantitative estimate of drug-likeness (QED) is 0.880. The number of nitrogens with one attached hydrogen (secondary N) is 1. The predicted molar refractivity (Wildman–Crippen MR) is 74.7 cm³/mol. The van der Waals surface area contributed by atoms with Gasteiger partial charge >= 0.3 is 0 Å². The van der Waals surface area contributed by atoms with Gasteiger partial charge in [-0.05, 0) is 25.8 Å². The molecule has 1 saturated heterocycles. The Labute approximate surface area is 114 Å². The second-order valence-electron chi connectivity index (χ2n) is 5.13. The maximum absolute atomic E-state index is 12.1. The van der Waals surface area contributed by atoms with Crippen LogP contribution in [0.1, 0.15) is 30.6 Å². The van der Waals surface area contributed by atoms with Gasteiger partial charge in [0, 0.05) is 19.8 Å². The summed E-state index contributed by atoms with van der Waals surface area (Å²) in [4.78, 5) is 14.0. The molecule has 104 valence electrons. The number of nitrogens with zero attached hydrogens (tertiary/aromatic N) is 1. The van der Waals surface area contributed by atoms with Gasteiger partial charge in [-0.1, -0.05) is 29.8 Å². The van der Waals surface area contributed by atoms with Crippen LogP contribution in [0.5, 0.6) is 0 Å². The van der Waals surface area contributed by atoms with Crippen molar-refractivity contribution in [3.05, 3.63) is 35.4 Å². The Bertz CT molecular complexity index is 430. The Morgan fingerprint density at radius 1 is 1.42 bits per heavy atom. The Hall–Kier alpha value is -1.39. The van der Waals surface area contributed by atoms with Gasteiger partial charge in [0.05, 0.1) is 6.54 Å². The molecule has 1 fully saturated rings. The van der Waals surface area contributed by atoms with Crippen LogP contribution in [0.2, 0.25) is 0 Å². The molecule has 1 heterocycles. The van der Waals surface area contributed by atoms with E-state index in [4.69, 9.17) is 4.74 Å². The smallest absolute Gasteiger partial charge is 0.238 e. The fraction of sp³-hybridized carbons (Fsp3) is 0.533. The number of amides is 1. The molecule has 1 N–H and O–H groups in total. The van der Waals surface area contributed by atoms with Gasteiger partial charge in [0.1, 0.15) is 6.17 Å². The van der Waals surface area contributed by atoms with Crippen molar-refractivity contribution in [3.8, 4) is 0 Å². The number of aryl methyl sites for hydroxylation is 1. The monoisotopic (exact) mass is 262 g/mol. The molecule has 0 radical (unpaired) electrons. The molecule has 2 unspecified atom stereocenters. The van der Waals surface area contributed by atoms with Crippen molar-refractivity contribution in [2.75, 3.05) is 20.3 Å². The Kier molecular flexibility index (Phi) is 4.56. The summed E-state index contributed by atoms with van der Waals surface area (Å²) in [6.45, 7) is 5.22. The van der Waals surface area contributed by atoms with Crippen molar-refractivity contribution in [1.82, 2.24) is 10.2 Å². The zero-order valence-electron chi connectivity index (χ0n) is 11.8. The van der Waals surface area contributed by atoms with E-state index in [1.807, 2.05) is 4.90 Å². The molecule has 1 aromatic rings. The molecule has 1 aliphatic rings. The molecule has 4 nitrogen and oxygen atoms in total. The van der Waals surface area contributed by atoms with Crippen molar-refractivity contribution in [1.29, 1.82) is 0 Å². The van der Waals surface area contributed by atoms with Crippen molar-refractivity contribution in [3.63, 3.8) is 0 Å². The lowest BCUT2D eigenvalue weighted by Gasteiger charge is -2.30. The molecule has 2 rings (SSSR count). The zero-order chi connectivity index (χ0) is 13.8. The van der Waals surface area contributed by atoms with Crippen LogP contribution in [-0.2, 0) is 9.53 Å². The molecule has 0 aliphatic carbocycles. The average Bonchev–Trinajstić information content (AvgIpc) is 2.79. The van der Waals surface area contributed by atoms with Crippen molar-refractivity contribution in [2.24, 2.45) is 0 Å². The molecule has 4 heteroatoms. The third kappa shape index (κ3) is 3.14.